The van der Waals surface area contributed by atoms with E-state index in [1.54, 1.807) is 0 Å². The van der Waals surface area contributed by atoms with Crippen LogP contribution in [0, 0.1) is 5.41 Å². The van der Waals surface area contributed by atoms with Crippen molar-refractivity contribution in [1.82, 2.24) is 9.80 Å². The number of piperidine rings is 2. The maximum atomic E-state index is 13.1. The van der Waals surface area contributed by atoms with E-state index in [1.807, 2.05) is 70.5 Å². The molecule has 2 amide bonds. The van der Waals surface area contributed by atoms with Gasteiger partial charge in [0.15, 0.2) is 0 Å². The highest BCUT2D eigenvalue weighted by Crippen LogP contribution is 2.37. The van der Waals surface area contributed by atoms with E-state index in [1.165, 1.54) is 6.42 Å². The number of para-hydroxylation sites is 1. The van der Waals surface area contributed by atoms with Gasteiger partial charge in [-0.05, 0) is 56.4 Å². The fourth-order valence-corrected chi connectivity index (χ4v) is 4.65. The Kier molecular flexibility index (Phi) is 6.90. The van der Waals surface area contributed by atoms with Crippen LogP contribution in [0.1, 0.15) is 48.9 Å². The molecule has 0 spiro atoms. The molecule has 2 fully saturated rings. The van der Waals surface area contributed by atoms with Crippen molar-refractivity contribution in [3.63, 3.8) is 0 Å². The molecular weight excluding hydrogens is 388 g/mol. The minimum absolute atomic E-state index is 0.0699. The molecular formula is C26H32N2O3. The predicted octanol–water partition coefficient (Wildman–Crippen LogP) is 4.39. The van der Waals surface area contributed by atoms with Gasteiger partial charge in [0.1, 0.15) is 5.75 Å². The molecule has 0 unspecified atom stereocenters. The second-order valence-corrected chi connectivity index (χ2v) is 8.88. The van der Waals surface area contributed by atoms with Crippen molar-refractivity contribution in [2.45, 2.75) is 38.5 Å². The van der Waals surface area contributed by atoms with Crippen molar-refractivity contribution in [3.05, 3.63) is 66.2 Å². The summed E-state index contributed by atoms with van der Waals surface area (Å²) >= 11 is 0. The summed E-state index contributed by atoms with van der Waals surface area (Å²) in [6, 6.07) is 19.2. The first kappa shape index (κ1) is 21.4. The number of rotatable bonds is 6. The normalized spacial score (nSPS) is 18.5. The highest BCUT2D eigenvalue weighted by molar-refractivity contribution is 5.94. The second kappa shape index (κ2) is 9.99. The number of ether oxygens (including phenoxy) is 1. The van der Waals surface area contributed by atoms with Crippen molar-refractivity contribution in [2.24, 2.45) is 5.41 Å². The lowest BCUT2D eigenvalue weighted by Gasteiger charge is -2.42. The Morgan fingerprint density at radius 1 is 0.774 bits per heavy atom. The van der Waals surface area contributed by atoms with Gasteiger partial charge in [0.2, 0.25) is 5.91 Å². The largest absolute Gasteiger partial charge is 0.493 e. The van der Waals surface area contributed by atoms with E-state index in [4.69, 9.17) is 4.74 Å². The van der Waals surface area contributed by atoms with Crippen LogP contribution in [0.25, 0.3) is 0 Å². The molecule has 5 nitrogen and oxygen atoms in total. The molecule has 31 heavy (non-hydrogen) atoms. The lowest BCUT2D eigenvalue weighted by Crippen LogP contribution is -2.48. The SMILES string of the molecule is O=C(CC1(COc2ccccc2)CCN(C(=O)c2ccccc2)CC1)N1CCCCC1. The standard InChI is InChI=1S/C26H32N2O3/c29-24(27-16-8-3-9-17-27)20-26(21-31-23-12-6-2-7-13-23)14-18-28(19-15-26)25(30)22-10-4-1-5-11-22/h1-2,4-7,10-13H,3,8-9,14-21H2. The van der Waals surface area contributed by atoms with Crippen molar-refractivity contribution in [1.29, 1.82) is 0 Å². The molecule has 164 valence electrons. The average molecular weight is 421 g/mol. The Morgan fingerprint density at radius 2 is 1.39 bits per heavy atom. The topological polar surface area (TPSA) is 49.9 Å². The highest BCUT2D eigenvalue weighted by atomic mass is 16.5. The van der Waals surface area contributed by atoms with E-state index in [0.717, 1.165) is 50.1 Å². The lowest BCUT2D eigenvalue weighted by atomic mass is 9.75. The number of benzene rings is 2. The van der Waals surface area contributed by atoms with E-state index in [0.29, 0.717) is 26.1 Å². The summed E-state index contributed by atoms with van der Waals surface area (Å²) in [6.07, 6.45) is 5.45. The minimum atomic E-state index is -0.238. The van der Waals surface area contributed by atoms with Crippen molar-refractivity contribution >= 4 is 11.8 Å². The summed E-state index contributed by atoms with van der Waals surface area (Å²) in [5.74, 6) is 1.13. The summed E-state index contributed by atoms with van der Waals surface area (Å²) in [4.78, 5) is 29.9. The van der Waals surface area contributed by atoms with Gasteiger partial charge in [-0.15, -0.1) is 0 Å². The predicted molar refractivity (Wildman–Crippen MR) is 121 cm³/mol. The van der Waals surface area contributed by atoms with Crippen LogP contribution in [0.2, 0.25) is 0 Å². The summed E-state index contributed by atoms with van der Waals surface area (Å²) < 4.78 is 6.14. The average Bonchev–Trinajstić information content (AvgIpc) is 2.85. The van der Waals surface area contributed by atoms with Gasteiger partial charge in [-0.2, -0.15) is 0 Å². The number of carbonyl (C=O) groups excluding carboxylic acids is 2. The van der Waals surface area contributed by atoms with Crippen LogP contribution in [0.5, 0.6) is 5.75 Å². The van der Waals surface area contributed by atoms with Gasteiger partial charge in [0.25, 0.3) is 5.91 Å². The van der Waals surface area contributed by atoms with Crippen LogP contribution in [0.3, 0.4) is 0 Å². The number of amides is 2. The van der Waals surface area contributed by atoms with Crippen LogP contribution < -0.4 is 4.74 Å². The van der Waals surface area contributed by atoms with Crippen LogP contribution in [-0.2, 0) is 4.79 Å². The summed E-state index contributed by atoms with van der Waals surface area (Å²) in [5.41, 5.74) is 0.484. The lowest BCUT2D eigenvalue weighted by molar-refractivity contribution is -0.136. The number of hydrogen-bond donors (Lipinski definition) is 0. The Labute approximate surface area is 185 Å². The first-order valence-corrected chi connectivity index (χ1v) is 11.5. The molecule has 2 heterocycles. The molecule has 0 radical (unpaired) electrons. The van der Waals surface area contributed by atoms with Gasteiger partial charge in [-0.1, -0.05) is 36.4 Å². The molecule has 0 bridgehead atoms. The summed E-state index contributed by atoms with van der Waals surface area (Å²) in [6.45, 7) is 3.54. The van der Waals surface area contributed by atoms with Gasteiger partial charge in [-0.3, -0.25) is 9.59 Å². The fraction of sp³-hybridized carbons (Fsp3) is 0.462. The molecule has 2 aromatic carbocycles. The third-order valence-corrected chi connectivity index (χ3v) is 6.66. The van der Waals surface area contributed by atoms with Gasteiger partial charge in [-0.25, -0.2) is 0 Å². The van der Waals surface area contributed by atoms with Gasteiger partial charge in [0, 0.05) is 43.6 Å². The maximum Gasteiger partial charge on any atom is 0.253 e. The summed E-state index contributed by atoms with van der Waals surface area (Å²) in [7, 11) is 0. The molecule has 0 aromatic heterocycles. The van der Waals surface area contributed by atoms with Crippen molar-refractivity contribution in [2.75, 3.05) is 32.8 Å². The van der Waals surface area contributed by atoms with E-state index in [9.17, 15) is 9.59 Å². The van der Waals surface area contributed by atoms with Gasteiger partial charge < -0.3 is 14.5 Å². The second-order valence-electron chi connectivity index (χ2n) is 8.88. The first-order chi connectivity index (χ1) is 15.2. The van der Waals surface area contributed by atoms with Crippen LogP contribution in [-0.4, -0.2) is 54.4 Å². The van der Waals surface area contributed by atoms with E-state index < -0.39 is 0 Å². The molecule has 2 aliphatic heterocycles. The van der Waals surface area contributed by atoms with Crippen LogP contribution in [0.4, 0.5) is 0 Å². The number of carbonyl (C=O) groups is 2. The Morgan fingerprint density at radius 3 is 2.03 bits per heavy atom. The smallest absolute Gasteiger partial charge is 0.253 e. The van der Waals surface area contributed by atoms with E-state index >= 15 is 0 Å². The first-order valence-electron chi connectivity index (χ1n) is 11.5. The number of likely N-dealkylation sites (tertiary alicyclic amines) is 2. The number of hydrogen-bond acceptors (Lipinski definition) is 3. The molecule has 0 N–H and O–H groups in total. The van der Waals surface area contributed by atoms with Crippen molar-refractivity contribution < 1.29 is 14.3 Å². The Hall–Kier alpha value is -2.82. The zero-order valence-electron chi connectivity index (χ0n) is 18.2. The fourth-order valence-electron chi connectivity index (χ4n) is 4.65. The molecule has 0 saturated carbocycles. The number of nitrogens with zero attached hydrogens (tertiary/aromatic N) is 2. The molecule has 0 atom stereocenters. The van der Waals surface area contributed by atoms with E-state index in [2.05, 4.69) is 0 Å². The van der Waals surface area contributed by atoms with Gasteiger partial charge >= 0.3 is 0 Å². The third-order valence-electron chi connectivity index (χ3n) is 6.66. The third kappa shape index (κ3) is 5.46. The minimum Gasteiger partial charge on any atom is -0.493 e. The van der Waals surface area contributed by atoms with Crippen LogP contribution in [0.15, 0.2) is 60.7 Å². The molecule has 5 heteroatoms. The molecule has 2 aliphatic rings. The molecule has 4 rings (SSSR count). The van der Waals surface area contributed by atoms with Gasteiger partial charge in [0.05, 0.1) is 6.61 Å². The Bertz CT molecular complexity index is 855. The maximum absolute atomic E-state index is 13.1. The van der Waals surface area contributed by atoms with Crippen molar-refractivity contribution in [3.8, 4) is 5.75 Å². The quantitative estimate of drug-likeness (QED) is 0.696. The monoisotopic (exact) mass is 420 g/mol. The zero-order chi connectivity index (χ0) is 21.5. The highest BCUT2D eigenvalue weighted by Gasteiger charge is 2.40. The zero-order valence-corrected chi connectivity index (χ0v) is 18.2. The Balaban J connectivity index is 1.44. The van der Waals surface area contributed by atoms with E-state index in [-0.39, 0.29) is 17.2 Å². The van der Waals surface area contributed by atoms with Crippen LogP contribution >= 0.6 is 0 Å². The molecule has 2 saturated heterocycles. The molecule has 2 aromatic rings. The molecule has 0 aliphatic carbocycles. The summed E-state index contributed by atoms with van der Waals surface area (Å²) in [5, 5.41) is 0.